The summed E-state index contributed by atoms with van der Waals surface area (Å²) in [5, 5.41) is 3.40. The van der Waals surface area contributed by atoms with Crippen LogP contribution in [0.1, 0.15) is 49.7 Å². The van der Waals surface area contributed by atoms with Crippen LogP contribution < -0.4 is 20.5 Å². The molecule has 0 unspecified atom stereocenters. The van der Waals surface area contributed by atoms with Gasteiger partial charge in [-0.25, -0.2) is 14.6 Å². The van der Waals surface area contributed by atoms with Crippen LogP contribution in [0.5, 0.6) is 5.75 Å². The van der Waals surface area contributed by atoms with Gasteiger partial charge in [0.05, 0.1) is 25.0 Å². The molecule has 1 aliphatic carbocycles. The van der Waals surface area contributed by atoms with Gasteiger partial charge in [0.25, 0.3) is 0 Å². The van der Waals surface area contributed by atoms with E-state index in [4.69, 9.17) is 14.2 Å². The maximum absolute atomic E-state index is 13.9. The van der Waals surface area contributed by atoms with Gasteiger partial charge >= 0.3 is 17.6 Å². The van der Waals surface area contributed by atoms with E-state index in [1.807, 2.05) is 36.4 Å². The van der Waals surface area contributed by atoms with Crippen LogP contribution in [0.2, 0.25) is 0 Å². The van der Waals surface area contributed by atoms with Gasteiger partial charge in [-0.1, -0.05) is 30.3 Å². The van der Waals surface area contributed by atoms with Crippen molar-refractivity contribution >= 4 is 35.4 Å². The van der Waals surface area contributed by atoms with Crippen LogP contribution >= 0.6 is 0 Å². The summed E-state index contributed by atoms with van der Waals surface area (Å²) in [7, 11) is 2.99. The van der Waals surface area contributed by atoms with Gasteiger partial charge in [0, 0.05) is 32.9 Å². The number of amides is 1. The summed E-state index contributed by atoms with van der Waals surface area (Å²) < 4.78 is 17.6. The Hall–Kier alpha value is -4.61. The molecule has 2 heterocycles. The minimum atomic E-state index is -0.811. The number of methoxy groups -OCH3 is 1. The monoisotopic (exact) mass is 593 g/mol. The molecule has 12 nitrogen and oxygen atoms in total. The summed E-state index contributed by atoms with van der Waals surface area (Å²) in [6.45, 7) is 6.34. The average molecular weight is 594 g/mol. The number of carbonyl (C=O) groups excluding carboxylic acids is 3. The van der Waals surface area contributed by atoms with Crippen molar-refractivity contribution < 1.29 is 28.6 Å². The largest absolute Gasteiger partial charge is 0.481 e. The molecule has 1 amide bonds. The Morgan fingerprint density at radius 1 is 1.16 bits per heavy atom. The number of esters is 1. The second-order valence-corrected chi connectivity index (χ2v) is 11.5. The highest BCUT2D eigenvalue weighted by atomic mass is 16.6. The molecule has 3 aromatic rings. The highest BCUT2D eigenvalue weighted by Gasteiger charge is 2.26. The number of fused-ring (bicyclic) bond motifs is 1. The van der Waals surface area contributed by atoms with E-state index < -0.39 is 23.2 Å². The summed E-state index contributed by atoms with van der Waals surface area (Å²) in [5.41, 5.74) is 0.687. The molecule has 230 valence electrons. The molecule has 0 spiro atoms. The van der Waals surface area contributed by atoms with E-state index in [9.17, 15) is 19.2 Å². The molecule has 1 aliphatic rings. The molecule has 2 aromatic heterocycles. The number of anilines is 2. The Balaban J connectivity index is 1.73. The number of carbonyl (C=O) groups is 3. The standard InChI is InChI=1S/C31H39N5O7/c1-31(2,3)43-30(40)35(15-16-37)14-13-34(4)24-17-23(32-18-21-11-12-21)19-36-27(24)33-25(29(39)41-5)26(28(36)38)42-20-22-9-7-6-8-10-22/h6-10,16-17,19,21,32H,11-15,18,20H2,1-5H3. The predicted molar refractivity (Wildman–Crippen MR) is 162 cm³/mol. The highest BCUT2D eigenvalue weighted by Crippen LogP contribution is 2.30. The molecule has 1 N–H and O–H groups in total. The van der Waals surface area contributed by atoms with Crippen molar-refractivity contribution in [3.05, 3.63) is 64.2 Å². The molecule has 43 heavy (non-hydrogen) atoms. The fraction of sp³-hybridized carbons (Fsp3) is 0.452. The van der Waals surface area contributed by atoms with E-state index >= 15 is 0 Å². The quantitative estimate of drug-likeness (QED) is 0.231. The zero-order valence-corrected chi connectivity index (χ0v) is 25.3. The Morgan fingerprint density at radius 2 is 1.88 bits per heavy atom. The van der Waals surface area contributed by atoms with Gasteiger partial charge in [-0.2, -0.15) is 0 Å². The topological polar surface area (TPSA) is 132 Å². The molecule has 1 saturated carbocycles. The van der Waals surface area contributed by atoms with Crippen LogP contribution in [-0.4, -0.2) is 78.6 Å². The number of pyridine rings is 1. The predicted octanol–water partition coefficient (Wildman–Crippen LogP) is 3.75. The first-order chi connectivity index (χ1) is 20.5. The Labute approximate surface area is 250 Å². The lowest BCUT2D eigenvalue weighted by Gasteiger charge is -2.28. The molecule has 12 heteroatoms. The van der Waals surface area contributed by atoms with Crippen molar-refractivity contribution in [3.8, 4) is 5.75 Å². The first kappa shape index (κ1) is 31.3. The second kappa shape index (κ2) is 13.6. The molecular formula is C31H39N5O7. The van der Waals surface area contributed by atoms with Crippen LogP contribution in [0.4, 0.5) is 16.2 Å². The number of nitrogens with one attached hydrogen (secondary N) is 1. The number of benzene rings is 1. The van der Waals surface area contributed by atoms with Crippen LogP contribution in [0.15, 0.2) is 47.4 Å². The van der Waals surface area contributed by atoms with E-state index in [0.29, 0.717) is 23.6 Å². The lowest BCUT2D eigenvalue weighted by atomic mass is 10.2. The molecule has 0 bridgehead atoms. The summed E-state index contributed by atoms with van der Waals surface area (Å²) in [6.07, 6.45) is 3.96. The molecular weight excluding hydrogens is 554 g/mol. The SMILES string of the molecule is COC(=O)c1nc2c(N(C)CCN(CC=O)C(=O)OC(C)(C)C)cc(NCC3CC3)cn2c(=O)c1OCc1ccccc1. The molecule has 0 saturated heterocycles. The van der Waals surface area contributed by atoms with Crippen molar-refractivity contribution in [3.63, 3.8) is 0 Å². The van der Waals surface area contributed by atoms with Crippen LogP contribution in [0, 0.1) is 5.92 Å². The smallest absolute Gasteiger partial charge is 0.410 e. The summed E-state index contributed by atoms with van der Waals surface area (Å²) in [4.78, 5) is 58.4. The highest BCUT2D eigenvalue weighted by molar-refractivity contribution is 5.91. The van der Waals surface area contributed by atoms with Gasteiger partial charge in [-0.3, -0.25) is 14.1 Å². The van der Waals surface area contributed by atoms with Gasteiger partial charge in [0.1, 0.15) is 18.5 Å². The fourth-order valence-corrected chi connectivity index (χ4v) is 4.33. The number of aldehydes is 1. The van der Waals surface area contributed by atoms with Crippen molar-refractivity contribution in [2.75, 3.05) is 50.6 Å². The van der Waals surface area contributed by atoms with Gasteiger partial charge < -0.3 is 29.2 Å². The molecule has 1 fully saturated rings. The summed E-state index contributed by atoms with van der Waals surface area (Å²) >= 11 is 0. The first-order valence-corrected chi connectivity index (χ1v) is 14.2. The van der Waals surface area contributed by atoms with E-state index in [0.717, 1.165) is 24.9 Å². The minimum absolute atomic E-state index is 0.0530. The zero-order chi connectivity index (χ0) is 31.1. The van der Waals surface area contributed by atoms with Gasteiger partial charge in [-0.15, -0.1) is 0 Å². The summed E-state index contributed by atoms with van der Waals surface area (Å²) in [6, 6.07) is 11.1. The fourth-order valence-electron chi connectivity index (χ4n) is 4.33. The van der Waals surface area contributed by atoms with Crippen molar-refractivity contribution in [1.82, 2.24) is 14.3 Å². The number of rotatable bonds is 13. The maximum atomic E-state index is 13.9. The molecule has 1 aromatic carbocycles. The zero-order valence-electron chi connectivity index (χ0n) is 25.3. The van der Waals surface area contributed by atoms with E-state index in [1.165, 1.54) is 16.4 Å². The third kappa shape index (κ3) is 8.24. The maximum Gasteiger partial charge on any atom is 0.410 e. The Morgan fingerprint density at radius 3 is 2.51 bits per heavy atom. The number of ether oxygens (including phenoxy) is 3. The Bertz CT molecular complexity index is 1510. The van der Waals surface area contributed by atoms with E-state index in [2.05, 4.69) is 10.3 Å². The summed E-state index contributed by atoms with van der Waals surface area (Å²) in [5.74, 6) is -0.457. The van der Waals surface area contributed by atoms with Crippen molar-refractivity contribution in [2.24, 2.45) is 5.92 Å². The molecule has 4 rings (SSSR count). The third-order valence-corrected chi connectivity index (χ3v) is 6.82. The number of hydrogen-bond acceptors (Lipinski definition) is 10. The Kier molecular flexibility index (Phi) is 9.89. The van der Waals surface area contributed by atoms with Crippen LogP contribution in [-0.2, 0) is 20.9 Å². The number of likely N-dealkylation sites (N-methyl/N-ethyl adjacent to an activating group) is 1. The third-order valence-electron chi connectivity index (χ3n) is 6.82. The normalized spacial score (nSPS) is 12.9. The number of hydrogen-bond donors (Lipinski definition) is 1. The van der Waals surface area contributed by atoms with E-state index in [-0.39, 0.29) is 43.3 Å². The van der Waals surface area contributed by atoms with Gasteiger partial charge in [0.2, 0.25) is 5.75 Å². The van der Waals surface area contributed by atoms with Crippen LogP contribution in [0.25, 0.3) is 5.65 Å². The lowest BCUT2D eigenvalue weighted by Crippen LogP contribution is -2.42. The van der Waals surface area contributed by atoms with Crippen LogP contribution in [0.3, 0.4) is 0 Å². The van der Waals surface area contributed by atoms with E-state index in [1.54, 1.807) is 38.9 Å². The average Bonchev–Trinajstić information content (AvgIpc) is 3.81. The molecule has 0 aliphatic heterocycles. The van der Waals surface area contributed by atoms with Gasteiger partial charge in [-0.05, 0) is 51.2 Å². The second-order valence-electron chi connectivity index (χ2n) is 11.5. The first-order valence-electron chi connectivity index (χ1n) is 14.2. The molecule has 0 radical (unpaired) electrons. The van der Waals surface area contributed by atoms with Gasteiger partial charge in [0.15, 0.2) is 11.3 Å². The lowest BCUT2D eigenvalue weighted by molar-refractivity contribution is -0.109. The minimum Gasteiger partial charge on any atom is -0.481 e. The molecule has 0 atom stereocenters. The number of aromatic nitrogens is 2. The van der Waals surface area contributed by atoms with Crippen molar-refractivity contribution in [2.45, 2.75) is 45.8 Å². The number of nitrogens with zero attached hydrogens (tertiary/aromatic N) is 4. The van der Waals surface area contributed by atoms with Crippen molar-refractivity contribution in [1.29, 1.82) is 0 Å².